The van der Waals surface area contributed by atoms with Crippen LogP contribution in [0.25, 0.3) is 0 Å². The minimum atomic E-state index is -1.01. The summed E-state index contributed by atoms with van der Waals surface area (Å²) in [6.45, 7) is 16.5. The molecule has 1 heterocycles. The molecule has 1 saturated heterocycles. The van der Waals surface area contributed by atoms with Gasteiger partial charge in [-0.3, -0.25) is 28.8 Å². The molecule has 1 aliphatic heterocycles. The van der Waals surface area contributed by atoms with Crippen LogP contribution < -0.4 is 31.9 Å². The second kappa shape index (κ2) is 38.3. The Hall–Kier alpha value is -5.46. The summed E-state index contributed by atoms with van der Waals surface area (Å²) < 4.78 is 33.1. The van der Waals surface area contributed by atoms with Crippen LogP contribution in [-0.4, -0.2) is 198 Å². The number of carbonyl (C=O) groups excluding carboxylic acids is 8. The monoisotopic (exact) mass is 1140 g/mol. The summed E-state index contributed by atoms with van der Waals surface area (Å²) in [6, 6.07) is 4.86. The molecule has 458 valence electrons. The van der Waals surface area contributed by atoms with Gasteiger partial charge in [0.25, 0.3) is 0 Å². The minimum absolute atomic E-state index is 0. The average molecular weight is 1140 g/mol. The van der Waals surface area contributed by atoms with Crippen LogP contribution in [0.15, 0.2) is 30.3 Å². The minimum Gasteiger partial charge on any atom is -0.464 e. The van der Waals surface area contributed by atoms with E-state index in [1.165, 1.54) is 28.3 Å². The smallest absolute Gasteiger partial charge is 0.407 e. The van der Waals surface area contributed by atoms with Crippen molar-refractivity contribution in [3.63, 3.8) is 0 Å². The number of likely N-dealkylation sites (N-methyl/N-ethyl adjacent to an activating group) is 2. The van der Waals surface area contributed by atoms with E-state index in [9.17, 15) is 43.5 Å². The summed E-state index contributed by atoms with van der Waals surface area (Å²) >= 11 is 0. The molecule has 1 aliphatic rings. The first kappa shape index (κ1) is 72.6. The van der Waals surface area contributed by atoms with Gasteiger partial charge in [0.15, 0.2) is 6.29 Å². The zero-order valence-corrected chi connectivity index (χ0v) is 49.4. The number of ether oxygens (including phenoxy) is 6. The predicted octanol–water partition coefficient (Wildman–Crippen LogP) is 3.09. The summed E-state index contributed by atoms with van der Waals surface area (Å²) in [6.07, 6.45) is -1.03. The average Bonchev–Trinajstić information content (AvgIpc) is 3.91. The Balaban J connectivity index is 0.0000320. The first-order chi connectivity index (χ1) is 37.5. The Morgan fingerprint density at radius 2 is 1.45 bits per heavy atom. The normalized spacial score (nSPS) is 17.4. The molecule has 7 N–H and O–H groups in total. The van der Waals surface area contributed by atoms with E-state index in [0.29, 0.717) is 32.2 Å². The topological polar surface area (TPSA) is 291 Å². The van der Waals surface area contributed by atoms with Crippen molar-refractivity contribution < 1.29 is 71.9 Å². The molecule has 23 nitrogen and oxygen atoms in total. The van der Waals surface area contributed by atoms with Crippen LogP contribution >= 0.6 is 0 Å². The van der Waals surface area contributed by atoms with E-state index >= 15 is 0 Å². The van der Waals surface area contributed by atoms with Crippen molar-refractivity contribution >= 4 is 47.5 Å². The highest BCUT2D eigenvalue weighted by Crippen LogP contribution is 2.30. The van der Waals surface area contributed by atoms with Gasteiger partial charge in [-0.15, -0.1) is 0 Å². The fraction of sp³-hybridized carbons (Fsp3) is 0.754. The zero-order chi connectivity index (χ0) is 59.4. The Morgan fingerprint density at radius 3 is 2.01 bits per heavy atom. The number of carbonyl (C=O) groups is 8. The van der Waals surface area contributed by atoms with Crippen LogP contribution in [0, 0.1) is 23.7 Å². The number of amides is 7. The van der Waals surface area contributed by atoms with Gasteiger partial charge in [-0.05, 0) is 63.0 Å². The Bertz CT molecular complexity index is 2030. The number of nitrogens with zero attached hydrogens (tertiary/aromatic N) is 2. The molecule has 1 aromatic rings. The summed E-state index contributed by atoms with van der Waals surface area (Å²) in [4.78, 5) is 111. The number of hydrogen-bond acceptors (Lipinski definition) is 16. The Kier molecular flexibility index (Phi) is 34.7. The number of nitrogens with one attached hydrogen (secondary N) is 6. The molecule has 0 bridgehead atoms. The summed E-state index contributed by atoms with van der Waals surface area (Å²) in [5.41, 5.74) is 0.798. The zero-order valence-electron chi connectivity index (χ0n) is 49.4. The largest absolute Gasteiger partial charge is 0.464 e. The number of esters is 1. The van der Waals surface area contributed by atoms with Gasteiger partial charge in [-0.25, -0.2) is 9.59 Å². The molecule has 12 atom stereocenters. The SMILES string of the molecule is C.CCC(CO)OC(COC(=O)NCCC(=O)N[C@@H](C)C(=O)OCCCNC(=O)[C@H](Cc1ccccc1)NC(=O)[C@H](C)[C@@H](OC)[C@@H]1CCCN1C(=O)C[C@@H](OC)[C@H]([C@@H](C)CC)N(C)C(=O)[C@@H](NC(=O)[C@@H](NC)C(C)C)C(C)C)OC. The number of aliphatic hydroxyl groups is 1. The van der Waals surface area contributed by atoms with E-state index in [1.54, 1.807) is 30.8 Å². The van der Waals surface area contributed by atoms with E-state index in [0.717, 1.165) is 5.56 Å². The fourth-order valence-corrected chi connectivity index (χ4v) is 9.61. The molecular weight excluding hydrogens is 1040 g/mol. The van der Waals surface area contributed by atoms with Crippen molar-refractivity contribution in [2.24, 2.45) is 23.7 Å². The van der Waals surface area contributed by atoms with Gasteiger partial charge in [-0.1, -0.05) is 99.6 Å². The molecule has 80 heavy (non-hydrogen) atoms. The molecule has 0 aromatic heterocycles. The van der Waals surface area contributed by atoms with Gasteiger partial charge in [0.2, 0.25) is 35.4 Å². The van der Waals surface area contributed by atoms with Crippen molar-refractivity contribution in [2.45, 2.75) is 182 Å². The maximum absolute atomic E-state index is 14.5. The lowest BCUT2D eigenvalue weighted by Crippen LogP contribution is -2.59. The molecule has 0 aliphatic carbocycles. The number of likely N-dealkylation sites (tertiary alicyclic amines) is 1. The first-order valence-electron chi connectivity index (χ1n) is 27.9. The van der Waals surface area contributed by atoms with Gasteiger partial charge in [0.1, 0.15) is 24.7 Å². The number of aliphatic hydroxyl groups excluding tert-OH is 1. The second-order valence-corrected chi connectivity index (χ2v) is 21.0. The maximum Gasteiger partial charge on any atom is 0.407 e. The van der Waals surface area contributed by atoms with E-state index in [-0.39, 0.29) is 101 Å². The van der Waals surface area contributed by atoms with Crippen LogP contribution in [0.4, 0.5) is 4.79 Å². The molecule has 1 aromatic carbocycles. The number of hydrogen-bond donors (Lipinski definition) is 7. The lowest BCUT2D eigenvalue weighted by Gasteiger charge is -2.41. The standard InChI is InChI=1S/C56H96N8O15.CH4/c1-15-36(7)49(63(11)54(71)48(35(5)6)62-53(70)47(57-10)34(3)4)43(74-12)31-45(67)64-28-20-24-42(64)50(76-14)37(8)51(68)61-41(30-39-22-18-17-19-23-39)52(69)58-26-21-29-77-55(72)38(9)60-44(66)25-27-59-56(73)78-33-46(75-13)79-40(16-2)32-65;/h17-19,22-23,34-38,40-43,46-50,57,65H,15-16,20-21,24-33H2,1-14H3,(H,58,69)(H,59,73)(H,60,66)(H,61,68)(H,62,70);1H4/t36-,37+,38-,40?,41-,42-,43+,46?,47-,48-,49-,50+;/m0./s1. The molecule has 0 spiro atoms. The van der Waals surface area contributed by atoms with Crippen LogP contribution in [0.5, 0.6) is 0 Å². The van der Waals surface area contributed by atoms with Gasteiger partial charge in [0, 0.05) is 60.9 Å². The third kappa shape index (κ3) is 23.6. The summed E-state index contributed by atoms with van der Waals surface area (Å²) in [7, 11) is 7.79. The molecule has 1 fully saturated rings. The van der Waals surface area contributed by atoms with Crippen LogP contribution in [0.2, 0.25) is 0 Å². The van der Waals surface area contributed by atoms with Crippen LogP contribution in [0.3, 0.4) is 0 Å². The lowest BCUT2D eigenvalue weighted by atomic mass is 9.89. The van der Waals surface area contributed by atoms with Crippen LogP contribution in [0.1, 0.15) is 120 Å². The van der Waals surface area contributed by atoms with Crippen molar-refractivity contribution in [2.75, 3.05) is 74.9 Å². The van der Waals surface area contributed by atoms with Gasteiger partial charge in [0.05, 0.1) is 62.0 Å². The quantitative estimate of drug-likeness (QED) is 0.0286. The third-order valence-electron chi connectivity index (χ3n) is 14.5. The van der Waals surface area contributed by atoms with E-state index < -0.39 is 96.6 Å². The Labute approximate surface area is 476 Å². The van der Waals surface area contributed by atoms with Crippen molar-refractivity contribution in [3.05, 3.63) is 35.9 Å². The van der Waals surface area contributed by atoms with Crippen molar-refractivity contribution in [3.8, 4) is 0 Å². The highest BCUT2D eigenvalue weighted by Gasteiger charge is 2.43. The molecule has 23 heteroatoms. The van der Waals surface area contributed by atoms with Crippen LogP contribution in [-0.2, 0) is 68.4 Å². The first-order valence-corrected chi connectivity index (χ1v) is 27.9. The Morgan fingerprint density at radius 1 is 0.787 bits per heavy atom. The second-order valence-electron chi connectivity index (χ2n) is 21.0. The van der Waals surface area contributed by atoms with E-state index in [1.807, 2.05) is 78.8 Å². The third-order valence-corrected chi connectivity index (χ3v) is 14.5. The van der Waals surface area contributed by atoms with Gasteiger partial charge < -0.3 is 75.2 Å². The maximum atomic E-state index is 14.5. The van der Waals surface area contributed by atoms with E-state index in [2.05, 4.69) is 31.9 Å². The number of benzene rings is 1. The molecule has 2 unspecified atom stereocenters. The molecule has 0 radical (unpaired) electrons. The van der Waals surface area contributed by atoms with Gasteiger partial charge in [-0.2, -0.15) is 0 Å². The van der Waals surface area contributed by atoms with Gasteiger partial charge >= 0.3 is 12.1 Å². The molecule has 7 amide bonds. The van der Waals surface area contributed by atoms with Crippen molar-refractivity contribution in [1.29, 1.82) is 0 Å². The van der Waals surface area contributed by atoms with Crippen molar-refractivity contribution in [1.82, 2.24) is 41.7 Å². The lowest BCUT2D eigenvalue weighted by molar-refractivity contribution is -0.181. The molecule has 0 saturated carbocycles. The number of rotatable bonds is 37. The molecule has 2 rings (SSSR count). The summed E-state index contributed by atoms with van der Waals surface area (Å²) in [5.74, 6) is -4.08. The highest BCUT2D eigenvalue weighted by molar-refractivity contribution is 5.91. The highest BCUT2D eigenvalue weighted by atomic mass is 16.7. The molecular formula is C57H100N8O15. The number of alkyl carbamates (subject to hydrolysis) is 1. The predicted molar refractivity (Wildman–Crippen MR) is 303 cm³/mol. The summed E-state index contributed by atoms with van der Waals surface area (Å²) in [5, 5.41) is 26.0. The van der Waals surface area contributed by atoms with E-state index in [4.69, 9.17) is 28.4 Å². The number of methoxy groups -OCH3 is 3. The fourth-order valence-electron chi connectivity index (χ4n) is 9.61.